The number of hydrogen-bond donors (Lipinski definition) is 1. The topological polar surface area (TPSA) is 40.5 Å². The Bertz CT molecular complexity index is 424. The molecule has 0 atom stereocenters. The van der Waals surface area contributed by atoms with E-state index in [4.69, 9.17) is 5.11 Å². The first-order valence-corrected chi connectivity index (χ1v) is 4.92. The third-order valence-electron chi connectivity index (χ3n) is 2.65. The predicted octanol–water partition coefficient (Wildman–Crippen LogP) is 1.78. The van der Waals surface area contributed by atoms with Crippen LogP contribution in [0.25, 0.3) is 6.08 Å². The second-order valence-electron chi connectivity index (χ2n) is 3.73. The smallest absolute Gasteiger partial charge is 0.328 e. The number of carboxylic acid groups (broad SMARTS) is 1. The number of hydrogen-bond acceptors (Lipinski definition) is 2. The van der Waals surface area contributed by atoms with Gasteiger partial charge in [-0.15, -0.1) is 0 Å². The van der Waals surface area contributed by atoms with Crippen molar-refractivity contribution in [2.45, 2.75) is 6.42 Å². The molecule has 0 unspecified atom stereocenters. The van der Waals surface area contributed by atoms with E-state index in [1.807, 2.05) is 12.1 Å². The fourth-order valence-electron chi connectivity index (χ4n) is 1.86. The van der Waals surface area contributed by atoms with Crippen molar-refractivity contribution in [3.8, 4) is 0 Å². The molecule has 0 fully saturated rings. The van der Waals surface area contributed by atoms with Gasteiger partial charge in [-0.05, 0) is 35.8 Å². The normalized spacial score (nSPS) is 14.6. The van der Waals surface area contributed by atoms with E-state index >= 15 is 0 Å². The number of carbonyl (C=O) groups is 1. The van der Waals surface area contributed by atoms with Crippen molar-refractivity contribution >= 4 is 17.7 Å². The molecule has 78 valence electrons. The van der Waals surface area contributed by atoms with Gasteiger partial charge in [-0.2, -0.15) is 0 Å². The third kappa shape index (κ3) is 2.01. The van der Waals surface area contributed by atoms with Gasteiger partial charge in [-0.25, -0.2) is 4.79 Å². The fourth-order valence-corrected chi connectivity index (χ4v) is 1.86. The van der Waals surface area contributed by atoms with Gasteiger partial charge in [0.25, 0.3) is 0 Å². The molecule has 1 aromatic carbocycles. The zero-order valence-electron chi connectivity index (χ0n) is 8.60. The van der Waals surface area contributed by atoms with Gasteiger partial charge in [0.2, 0.25) is 0 Å². The van der Waals surface area contributed by atoms with E-state index < -0.39 is 5.97 Å². The van der Waals surface area contributed by atoms with Crippen molar-refractivity contribution in [3.05, 3.63) is 35.4 Å². The number of fused-ring (bicyclic) bond motifs is 1. The van der Waals surface area contributed by atoms with Gasteiger partial charge >= 0.3 is 5.97 Å². The van der Waals surface area contributed by atoms with Crippen LogP contribution in [0.3, 0.4) is 0 Å². The van der Waals surface area contributed by atoms with Crippen LogP contribution in [-0.4, -0.2) is 24.7 Å². The molecular weight excluding hydrogens is 190 g/mol. The summed E-state index contributed by atoms with van der Waals surface area (Å²) < 4.78 is 0. The van der Waals surface area contributed by atoms with Crippen LogP contribution >= 0.6 is 0 Å². The SMILES string of the molecule is CN1CCc2cc(/C=C/C(=O)O)ccc21. The zero-order valence-corrected chi connectivity index (χ0v) is 8.60. The summed E-state index contributed by atoms with van der Waals surface area (Å²) in [6.45, 7) is 1.04. The molecule has 1 aliphatic heterocycles. The monoisotopic (exact) mass is 203 g/mol. The lowest BCUT2D eigenvalue weighted by Crippen LogP contribution is -2.12. The van der Waals surface area contributed by atoms with Crippen LogP contribution in [-0.2, 0) is 11.2 Å². The van der Waals surface area contributed by atoms with Crippen molar-refractivity contribution in [1.29, 1.82) is 0 Å². The lowest BCUT2D eigenvalue weighted by molar-refractivity contribution is -0.131. The molecular formula is C12H13NO2. The molecule has 0 spiro atoms. The highest BCUT2D eigenvalue weighted by Crippen LogP contribution is 2.27. The average molecular weight is 203 g/mol. The Kier molecular flexibility index (Phi) is 2.46. The van der Waals surface area contributed by atoms with Gasteiger partial charge in [0.15, 0.2) is 0 Å². The Labute approximate surface area is 88.6 Å². The Morgan fingerprint density at radius 3 is 3.07 bits per heavy atom. The number of likely N-dealkylation sites (N-methyl/N-ethyl adjacent to an activating group) is 1. The molecule has 0 bridgehead atoms. The molecule has 1 heterocycles. The highest BCUT2D eigenvalue weighted by molar-refractivity contribution is 5.85. The van der Waals surface area contributed by atoms with Crippen LogP contribution < -0.4 is 4.90 Å². The maximum Gasteiger partial charge on any atom is 0.328 e. The summed E-state index contributed by atoms with van der Waals surface area (Å²) in [5.41, 5.74) is 3.50. The Hall–Kier alpha value is -1.77. The number of carboxylic acids is 1. The van der Waals surface area contributed by atoms with Crippen LogP contribution in [0.5, 0.6) is 0 Å². The first-order chi connectivity index (χ1) is 7.16. The summed E-state index contributed by atoms with van der Waals surface area (Å²) in [6, 6.07) is 6.04. The average Bonchev–Trinajstić information content (AvgIpc) is 2.57. The predicted molar refractivity (Wildman–Crippen MR) is 60.1 cm³/mol. The number of rotatable bonds is 2. The molecule has 0 radical (unpaired) electrons. The summed E-state index contributed by atoms with van der Waals surface area (Å²) in [6.07, 6.45) is 3.84. The molecule has 1 aliphatic rings. The molecule has 3 nitrogen and oxygen atoms in total. The van der Waals surface area contributed by atoms with Crippen molar-refractivity contribution in [2.75, 3.05) is 18.5 Å². The van der Waals surface area contributed by atoms with E-state index in [0.29, 0.717) is 0 Å². The van der Waals surface area contributed by atoms with Gasteiger partial charge in [0, 0.05) is 25.4 Å². The summed E-state index contributed by atoms with van der Waals surface area (Å²) in [5, 5.41) is 8.52. The van der Waals surface area contributed by atoms with Crippen LogP contribution in [0, 0.1) is 0 Å². The summed E-state index contributed by atoms with van der Waals surface area (Å²) >= 11 is 0. The molecule has 15 heavy (non-hydrogen) atoms. The Balaban J connectivity index is 2.27. The van der Waals surface area contributed by atoms with Crippen molar-refractivity contribution in [2.24, 2.45) is 0 Å². The molecule has 0 amide bonds. The lowest BCUT2D eigenvalue weighted by atomic mass is 10.1. The van der Waals surface area contributed by atoms with Gasteiger partial charge in [-0.1, -0.05) is 6.07 Å². The molecule has 0 aliphatic carbocycles. The van der Waals surface area contributed by atoms with Crippen LogP contribution in [0.4, 0.5) is 5.69 Å². The summed E-state index contributed by atoms with van der Waals surface area (Å²) in [4.78, 5) is 12.6. The minimum atomic E-state index is -0.910. The number of aliphatic carboxylic acids is 1. The second kappa shape index (κ2) is 3.77. The zero-order chi connectivity index (χ0) is 10.8. The minimum Gasteiger partial charge on any atom is -0.478 e. The van der Waals surface area contributed by atoms with Crippen LogP contribution in [0.1, 0.15) is 11.1 Å². The van der Waals surface area contributed by atoms with Gasteiger partial charge in [0.05, 0.1) is 0 Å². The quantitative estimate of drug-likeness (QED) is 0.745. The van der Waals surface area contributed by atoms with E-state index in [0.717, 1.165) is 18.5 Å². The number of anilines is 1. The number of benzene rings is 1. The molecule has 0 saturated heterocycles. The van der Waals surface area contributed by atoms with Crippen LogP contribution in [0.15, 0.2) is 24.3 Å². The minimum absolute atomic E-state index is 0.910. The number of nitrogens with zero attached hydrogens (tertiary/aromatic N) is 1. The maximum absolute atomic E-state index is 10.4. The lowest BCUT2D eigenvalue weighted by Gasteiger charge is -2.11. The standard InChI is InChI=1S/C12H13NO2/c1-13-7-6-10-8-9(2-4-11(10)13)3-5-12(14)15/h2-5,8H,6-7H2,1H3,(H,14,15)/b5-3+. The van der Waals surface area contributed by atoms with Gasteiger partial charge in [0.1, 0.15) is 0 Å². The molecule has 3 heteroatoms. The second-order valence-corrected chi connectivity index (χ2v) is 3.73. The Morgan fingerprint density at radius 2 is 2.33 bits per heavy atom. The Morgan fingerprint density at radius 1 is 1.53 bits per heavy atom. The summed E-state index contributed by atoms with van der Waals surface area (Å²) in [7, 11) is 2.07. The first kappa shape index (κ1) is 9.77. The highest BCUT2D eigenvalue weighted by atomic mass is 16.4. The molecule has 0 aromatic heterocycles. The van der Waals surface area contributed by atoms with Crippen molar-refractivity contribution < 1.29 is 9.90 Å². The maximum atomic E-state index is 10.4. The summed E-state index contributed by atoms with van der Waals surface area (Å²) in [5.74, 6) is -0.910. The molecule has 1 N–H and O–H groups in total. The van der Waals surface area contributed by atoms with E-state index in [1.54, 1.807) is 6.08 Å². The fraction of sp³-hybridized carbons (Fsp3) is 0.250. The van der Waals surface area contributed by atoms with E-state index in [2.05, 4.69) is 18.0 Å². The van der Waals surface area contributed by atoms with Gasteiger partial charge < -0.3 is 10.0 Å². The highest BCUT2D eigenvalue weighted by Gasteiger charge is 2.14. The third-order valence-corrected chi connectivity index (χ3v) is 2.65. The molecule has 1 aromatic rings. The van der Waals surface area contributed by atoms with Crippen molar-refractivity contribution in [1.82, 2.24) is 0 Å². The first-order valence-electron chi connectivity index (χ1n) is 4.92. The van der Waals surface area contributed by atoms with Crippen molar-refractivity contribution in [3.63, 3.8) is 0 Å². The molecule has 0 saturated carbocycles. The largest absolute Gasteiger partial charge is 0.478 e. The van der Waals surface area contributed by atoms with Crippen LogP contribution in [0.2, 0.25) is 0 Å². The van der Waals surface area contributed by atoms with Gasteiger partial charge in [-0.3, -0.25) is 0 Å². The van der Waals surface area contributed by atoms with E-state index in [1.165, 1.54) is 17.3 Å². The van der Waals surface area contributed by atoms with E-state index in [9.17, 15) is 4.79 Å². The van der Waals surface area contributed by atoms with E-state index in [-0.39, 0.29) is 0 Å². The molecule has 2 rings (SSSR count).